The Bertz CT molecular complexity index is 909. The molecule has 0 atom stereocenters. The predicted octanol–water partition coefficient (Wildman–Crippen LogP) is 2.96. The van der Waals surface area contributed by atoms with E-state index in [1.807, 2.05) is 12.1 Å². The molecule has 0 saturated heterocycles. The van der Waals surface area contributed by atoms with Crippen molar-refractivity contribution in [2.45, 2.75) is 44.6 Å². The smallest absolute Gasteiger partial charge is 0.307 e. The number of aliphatic carboxylic acids is 1. The van der Waals surface area contributed by atoms with E-state index >= 15 is 0 Å². The van der Waals surface area contributed by atoms with E-state index in [0.29, 0.717) is 25.0 Å². The maximum absolute atomic E-state index is 12.4. The normalized spacial score (nSPS) is 17.2. The number of benzene rings is 1. The highest BCUT2D eigenvalue weighted by Gasteiger charge is 2.31. The highest BCUT2D eigenvalue weighted by molar-refractivity contribution is 5.97. The maximum Gasteiger partial charge on any atom is 0.307 e. The standard InChI is InChI=1S/C21H25N5O3/c1-25-17-13-22-21(23-15-8-6-14(7-9-15)12-19(28)29)24-20(17)26(11-10-18(25)27)16-4-2-3-5-16/h6-9,13,16H,2-5,10-12H2,1H3,(H,28,29)(H,22,23,24). The Labute approximate surface area is 169 Å². The van der Waals surface area contributed by atoms with Crippen molar-refractivity contribution in [1.29, 1.82) is 0 Å². The first-order valence-electron chi connectivity index (χ1n) is 9.99. The summed E-state index contributed by atoms with van der Waals surface area (Å²) >= 11 is 0. The summed E-state index contributed by atoms with van der Waals surface area (Å²) in [7, 11) is 1.77. The molecule has 0 unspecified atom stereocenters. The Morgan fingerprint density at radius 2 is 1.97 bits per heavy atom. The Hall–Kier alpha value is -3.16. The van der Waals surface area contributed by atoms with Crippen LogP contribution in [-0.4, -0.2) is 46.6 Å². The van der Waals surface area contributed by atoms with Gasteiger partial charge in [-0.3, -0.25) is 9.59 Å². The van der Waals surface area contributed by atoms with Gasteiger partial charge in [-0.15, -0.1) is 0 Å². The van der Waals surface area contributed by atoms with Gasteiger partial charge in [0.05, 0.1) is 12.6 Å². The number of carbonyl (C=O) groups excluding carboxylic acids is 1. The zero-order valence-corrected chi connectivity index (χ0v) is 16.5. The molecule has 1 aromatic heterocycles. The van der Waals surface area contributed by atoms with Crippen molar-refractivity contribution in [3.8, 4) is 0 Å². The van der Waals surface area contributed by atoms with Crippen LogP contribution in [0, 0.1) is 0 Å². The first-order chi connectivity index (χ1) is 14.0. The van der Waals surface area contributed by atoms with Crippen LogP contribution in [0.2, 0.25) is 0 Å². The van der Waals surface area contributed by atoms with Crippen LogP contribution in [0.15, 0.2) is 30.5 Å². The lowest BCUT2D eigenvalue weighted by Crippen LogP contribution is -2.34. The summed E-state index contributed by atoms with van der Waals surface area (Å²) in [6.07, 6.45) is 6.82. The Kier molecular flexibility index (Phi) is 5.33. The molecular weight excluding hydrogens is 370 g/mol. The average Bonchev–Trinajstić information content (AvgIpc) is 3.19. The molecule has 1 aliphatic heterocycles. The highest BCUT2D eigenvalue weighted by atomic mass is 16.4. The lowest BCUT2D eigenvalue weighted by molar-refractivity contribution is -0.136. The van der Waals surface area contributed by atoms with E-state index in [1.54, 1.807) is 30.3 Å². The van der Waals surface area contributed by atoms with Crippen LogP contribution in [0.25, 0.3) is 0 Å². The number of nitrogens with zero attached hydrogens (tertiary/aromatic N) is 4. The minimum atomic E-state index is -0.856. The third kappa shape index (κ3) is 4.16. The van der Waals surface area contributed by atoms with Gasteiger partial charge >= 0.3 is 5.97 Å². The first-order valence-corrected chi connectivity index (χ1v) is 9.99. The van der Waals surface area contributed by atoms with Crippen molar-refractivity contribution >= 4 is 35.0 Å². The quantitative estimate of drug-likeness (QED) is 0.803. The molecule has 8 nitrogen and oxygen atoms in total. The topological polar surface area (TPSA) is 98.7 Å². The summed E-state index contributed by atoms with van der Waals surface area (Å²) in [4.78, 5) is 36.3. The van der Waals surface area contributed by atoms with Gasteiger partial charge in [0.15, 0.2) is 5.82 Å². The third-order valence-electron chi connectivity index (χ3n) is 5.65. The molecule has 1 aliphatic carbocycles. The van der Waals surface area contributed by atoms with E-state index in [4.69, 9.17) is 10.1 Å². The number of carboxylic acid groups (broad SMARTS) is 1. The third-order valence-corrected chi connectivity index (χ3v) is 5.65. The van der Waals surface area contributed by atoms with E-state index in [2.05, 4.69) is 15.2 Å². The van der Waals surface area contributed by atoms with Crippen molar-refractivity contribution in [3.05, 3.63) is 36.0 Å². The van der Waals surface area contributed by atoms with Gasteiger partial charge in [0.25, 0.3) is 0 Å². The molecular formula is C21H25N5O3. The van der Waals surface area contributed by atoms with Crippen LogP contribution in [0.3, 0.4) is 0 Å². The molecule has 8 heteroatoms. The van der Waals surface area contributed by atoms with Gasteiger partial charge in [0, 0.05) is 31.7 Å². The van der Waals surface area contributed by atoms with E-state index in [0.717, 1.165) is 35.6 Å². The zero-order chi connectivity index (χ0) is 20.4. The second-order valence-corrected chi connectivity index (χ2v) is 7.63. The number of carbonyl (C=O) groups is 2. The van der Waals surface area contributed by atoms with E-state index in [-0.39, 0.29) is 12.3 Å². The number of nitrogens with one attached hydrogen (secondary N) is 1. The summed E-state index contributed by atoms with van der Waals surface area (Å²) in [6.45, 7) is 0.668. The van der Waals surface area contributed by atoms with Crippen LogP contribution in [0.4, 0.5) is 23.1 Å². The molecule has 0 radical (unpaired) electrons. The van der Waals surface area contributed by atoms with Crippen LogP contribution in [0.1, 0.15) is 37.7 Å². The van der Waals surface area contributed by atoms with Crippen molar-refractivity contribution in [3.63, 3.8) is 0 Å². The summed E-state index contributed by atoms with van der Waals surface area (Å²) in [6, 6.07) is 7.59. The molecule has 1 saturated carbocycles. The minimum Gasteiger partial charge on any atom is -0.481 e. The average molecular weight is 395 g/mol. The maximum atomic E-state index is 12.4. The number of aromatic nitrogens is 2. The van der Waals surface area contributed by atoms with E-state index in [9.17, 15) is 9.59 Å². The molecule has 152 valence electrons. The van der Waals surface area contributed by atoms with Crippen molar-refractivity contribution in [2.75, 3.05) is 28.7 Å². The fraction of sp³-hybridized carbons (Fsp3) is 0.429. The molecule has 0 bridgehead atoms. The predicted molar refractivity (Wildman–Crippen MR) is 111 cm³/mol. The van der Waals surface area contributed by atoms with E-state index in [1.165, 1.54) is 12.8 Å². The van der Waals surface area contributed by atoms with Gasteiger partial charge in [-0.25, -0.2) is 4.98 Å². The summed E-state index contributed by atoms with van der Waals surface area (Å²) in [5, 5.41) is 12.1. The number of anilines is 4. The Balaban J connectivity index is 1.61. The number of hydrogen-bond donors (Lipinski definition) is 2. The second-order valence-electron chi connectivity index (χ2n) is 7.63. The van der Waals surface area contributed by atoms with Gasteiger partial charge in [-0.1, -0.05) is 25.0 Å². The van der Waals surface area contributed by atoms with Gasteiger partial charge in [0.1, 0.15) is 5.69 Å². The second kappa shape index (κ2) is 8.06. The minimum absolute atomic E-state index is 0.00760. The molecule has 1 aromatic carbocycles. The Morgan fingerprint density at radius 1 is 1.24 bits per heavy atom. The lowest BCUT2D eigenvalue weighted by Gasteiger charge is -2.30. The molecule has 2 aliphatic rings. The number of hydrogen-bond acceptors (Lipinski definition) is 6. The Morgan fingerprint density at radius 3 is 2.66 bits per heavy atom. The molecule has 29 heavy (non-hydrogen) atoms. The summed E-state index contributed by atoms with van der Waals surface area (Å²) in [5.74, 6) is 0.473. The van der Waals surface area contributed by atoms with Crippen molar-refractivity contribution in [2.24, 2.45) is 0 Å². The van der Waals surface area contributed by atoms with Gasteiger partial charge < -0.3 is 20.2 Å². The number of rotatable bonds is 5. The van der Waals surface area contributed by atoms with E-state index < -0.39 is 5.97 Å². The number of fused-ring (bicyclic) bond motifs is 1. The lowest BCUT2D eigenvalue weighted by atomic mass is 10.1. The summed E-state index contributed by atoms with van der Waals surface area (Å²) in [5.41, 5.74) is 2.25. The molecule has 1 fully saturated rings. The number of amides is 1. The molecule has 1 amide bonds. The fourth-order valence-corrected chi connectivity index (χ4v) is 4.08. The van der Waals surface area contributed by atoms with Crippen molar-refractivity contribution in [1.82, 2.24) is 9.97 Å². The van der Waals surface area contributed by atoms with Crippen molar-refractivity contribution < 1.29 is 14.7 Å². The zero-order valence-electron chi connectivity index (χ0n) is 16.5. The largest absolute Gasteiger partial charge is 0.481 e. The van der Waals surface area contributed by atoms with Crippen LogP contribution >= 0.6 is 0 Å². The molecule has 2 aromatic rings. The number of carboxylic acids is 1. The molecule has 4 rings (SSSR count). The summed E-state index contributed by atoms with van der Waals surface area (Å²) < 4.78 is 0. The SMILES string of the molecule is CN1C(=O)CCN(C2CCCC2)c2nc(Nc3ccc(CC(=O)O)cc3)ncc21. The van der Waals surface area contributed by atoms with Gasteiger partial charge in [0.2, 0.25) is 11.9 Å². The van der Waals surface area contributed by atoms with Crippen LogP contribution in [-0.2, 0) is 16.0 Å². The monoisotopic (exact) mass is 395 g/mol. The molecule has 2 heterocycles. The highest BCUT2D eigenvalue weighted by Crippen LogP contribution is 2.36. The van der Waals surface area contributed by atoms with Gasteiger partial charge in [-0.05, 0) is 30.5 Å². The molecule has 2 N–H and O–H groups in total. The van der Waals surface area contributed by atoms with Gasteiger partial charge in [-0.2, -0.15) is 4.98 Å². The fourth-order valence-electron chi connectivity index (χ4n) is 4.08. The molecule has 0 spiro atoms. The van der Waals surface area contributed by atoms with Crippen LogP contribution in [0.5, 0.6) is 0 Å². The van der Waals surface area contributed by atoms with Crippen LogP contribution < -0.4 is 15.1 Å². The first kappa shape index (κ1) is 19.2.